The molecule has 1 aromatic rings. The summed E-state index contributed by atoms with van der Waals surface area (Å²) in [6, 6.07) is 0. The van der Waals surface area contributed by atoms with E-state index in [1.807, 2.05) is 0 Å². The van der Waals surface area contributed by atoms with E-state index in [4.69, 9.17) is 46.4 Å². The number of rotatable bonds is 0. The van der Waals surface area contributed by atoms with E-state index in [9.17, 15) is 9.90 Å². The third-order valence-electron chi connectivity index (χ3n) is 1.97. The van der Waals surface area contributed by atoms with E-state index in [1.54, 1.807) is 0 Å². The van der Waals surface area contributed by atoms with E-state index in [0.29, 0.717) is 0 Å². The van der Waals surface area contributed by atoms with Gasteiger partial charge in [-0.2, -0.15) is 0 Å². The number of hydrogen-bond donors (Lipinski definition) is 1. The summed E-state index contributed by atoms with van der Waals surface area (Å²) in [5.41, 5.74) is 0.0182. The van der Waals surface area contributed by atoms with E-state index in [1.165, 1.54) is 0 Å². The minimum atomic E-state index is -1.45. The van der Waals surface area contributed by atoms with Gasteiger partial charge < -0.3 is 9.84 Å². The van der Waals surface area contributed by atoms with Crippen LogP contribution in [-0.2, 0) is 4.74 Å². The fourth-order valence-corrected chi connectivity index (χ4v) is 2.34. The van der Waals surface area contributed by atoms with Crippen LogP contribution in [-0.4, -0.2) is 11.1 Å². The molecule has 0 fully saturated rings. The van der Waals surface area contributed by atoms with Gasteiger partial charge in [0.05, 0.1) is 31.2 Å². The maximum atomic E-state index is 11.3. The summed E-state index contributed by atoms with van der Waals surface area (Å²) in [5, 5.41) is 9.24. The number of cyclic esters (lactones) is 1. The number of esters is 1. The molecule has 0 amide bonds. The summed E-state index contributed by atoms with van der Waals surface area (Å²) in [6.45, 7) is 0. The molecular formula is C8H2Cl4O3. The summed E-state index contributed by atoms with van der Waals surface area (Å²) < 4.78 is 4.53. The van der Waals surface area contributed by atoms with Crippen LogP contribution in [0.25, 0.3) is 0 Å². The summed E-state index contributed by atoms with van der Waals surface area (Å²) in [4.78, 5) is 11.3. The van der Waals surface area contributed by atoms with Gasteiger partial charge in [-0.05, 0) is 0 Å². The van der Waals surface area contributed by atoms with Gasteiger partial charge in [0.1, 0.15) is 0 Å². The van der Waals surface area contributed by atoms with Crippen LogP contribution in [0.15, 0.2) is 0 Å². The Balaban J connectivity index is 2.86. The minimum absolute atomic E-state index is 0.0144. The average Bonchev–Trinajstić information content (AvgIpc) is 2.47. The number of halogens is 4. The molecule has 1 aromatic carbocycles. The van der Waals surface area contributed by atoms with Crippen LogP contribution in [0.1, 0.15) is 22.2 Å². The highest BCUT2D eigenvalue weighted by Crippen LogP contribution is 2.46. The van der Waals surface area contributed by atoms with E-state index >= 15 is 0 Å². The molecule has 1 unspecified atom stereocenters. The van der Waals surface area contributed by atoms with Gasteiger partial charge in [0.25, 0.3) is 0 Å². The minimum Gasteiger partial charge on any atom is -0.428 e. The van der Waals surface area contributed by atoms with Crippen LogP contribution in [0.3, 0.4) is 0 Å². The zero-order valence-electron chi connectivity index (χ0n) is 6.85. The van der Waals surface area contributed by atoms with Gasteiger partial charge in [0.15, 0.2) is 0 Å². The zero-order chi connectivity index (χ0) is 11.3. The summed E-state index contributed by atoms with van der Waals surface area (Å²) in [7, 11) is 0. The molecule has 0 bridgehead atoms. The second-order valence-electron chi connectivity index (χ2n) is 2.80. The molecule has 1 aliphatic heterocycles. The highest BCUT2D eigenvalue weighted by molar-refractivity contribution is 6.53. The lowest BCUT2D eigenvalue weighted by Crippen LogP contribution is -1.96. The maximum absolute atomic E-state index is 11.3. The van der Waals surface area contributed by atoms with Crippen molar-refractivity contribution in [1.82, 2.24) is 0 Å². The van der Waals surface area contributed by atoms with E-state index < -0.39 is 12.3 Å². The van der Waals surface area contributed by atoms with Crippen molar-refractivity contribution < 1.29 is 14.6 Å². The van der Waals surface area contributed by atoms with Crippen LogP contribution in [0.5, 0.6) is 0 Å². The number of fused-ring (bicyclic) bond motifs is 1. The summed E-state index contributed by atoms with van der Waals surface area (Å²) >= 11 is 23.1. The third kappa shape index (κ3) is 1.50. The first kappa shape index (κ1) is 11.3. The van der Waals surface area contributed by atoms with Crippen molar-refractivity contribution in [3.63, 3.8) is 0 Å². The lowest BCUT2D eigenvalue weighted by molar-refractivity contribution is -0.0547. The quantitative estimate of drug-likeness (QED) is 0.451. The zero-order valence-corrected chi connectivity index (χ0v) is 9.88. The Labute approximate surface area is 104 Å². The highest BCUT2D eigenvalue weighted by atomic mass is 35.5. The molecule has 0 saturated carbocycles. The van der Waals surface area contributed by atoms with Crippen molar-refractivity contribution in [2.24, 2.45) is 0 Å². The van der Waals surface area contributed by atoms with Crippen LogP contribution in [0.4, 0.5) is 0 Å². The fraction of sp³-hybridized carbons (Fsp3) is 0.125. The van der Waals surface area contributed by atoms with Crippen molar-refractivity contribution in [3.8, 4) is 0 Å². The smallest absolute Gasteiger partial charge is 0.342 e. The van der Waals surface area contributed by atoms with Crippen molar-refractivity contribution in [1.29, 1.82) is 0 Å². The number of hydrogen-bond acceptors (Lipinski definition) is 3. The molecule has 2 rings (SSSR count). The third-order valence-corrected chi connectivity index (χ3v) is 3.79. The molecule has 0 aromatic heterocycles. The lowest BCUT2D eigenvalue weighted by atomic mass is 10.1. The molecule has 15 heavy (non-hydrogen) atoms. The van der Waals surface area contributed by atoms with Crippen molar-refractivity contribution in [2.45, 2.75) is 6.29 Å². The molecule has 0 aliphatic carbocycles. The Kier molecular flexibility index (Phi) is 2.77. The normalized spacial score (nSPS) is 19.0. The second kappa shape index (κ2) is 3.68. The molecule has 0 saturated heterocycles. The largest absolute Gasteiger partial charge is 0.428 e. The monoisotopic (exact) mass is 286 g/mol. The molecule has 7 heteroatoms. The molecule has 0 radical (unpaired) electrons. The van der Waals surface area contributed by atoms with Crippen molar-refractivity contribution >= 4 is 52.4 Å². The molecular weight excluding hydrogens is 286 g/mol. The predicted molar refractivity (Wildman–Crippen MR) is 56.9 cm³/mol. The molecule has 1 aliphatic rings. The van der Waals surface area contributed by atoms with Gasteiger partial charge in [-0.3, -0.25) is 0 Å². The number of aliphatic hydroxyl groups is 1. The first-order valence-corrected chi connectivity index (χ1v) is 5.21. The Morgan fingerprint density at radius 1 is 1.00 bits per heavy atom. The Morgan fingerprint density at radius 2 is 1.53 bits per heavy atom. The summed E-state index contributed by atoms with van der Waals surface area (Å²) in [5.74, 6) is -0.775. The second-order valence-corrected chi connectivity index (χ2v) is 4.31. The number of carbonyl (C=O) groups excluding carboxylic acids is 1. The molecule has 1 N–H and O–H groups in total. The predicted octanol–water partition coefficient (Wildman–Crippen LogP) is 3.46. The van der Waals surface area contributed by atoms with Crippen LogP contribution in [0, 0.1) is 0 Å². The fourth-order valence-electron chi connectivity index (χ4n) is 1.30. The van der Waals surface area contributed by atoms with E-state index in [0.717, 1.165) is 0 Å². The van der Waals surface area contributed by atoms with Gasteiger partial charge in [0.2, 0.25) is 6.29 Å². The standard InChI is InChI=1S/C8H2Cl4O3/c9-3-1-2(8(14)15-7(1)13)4(10)6(12)5(3)11/h7,13H. The Hall–Kier alpha value is -0.190. The van der Waals surface area contributed by atoms with Crippen LogP contribution in [0.2, 0.25) is 20.1 Å². The first-order chi connectivity index (χ1) is 6.95. The first-order valence-electron chi connectivity index (χ1n) is 3.70. The van der Waals surface area contributed by atoms with Crippen molar-refractivity contribution in [2.75, 3.05) is 0 Å². The van der Waals surface area contributed by atoms with Gasteiger partial charge in [0, 0.05) is 0 Å². The van der Waals surface area contributed by atoms with Gasteiger partial charge in [-0.15, -0.1) is 0 Å². The number of aliphatic hydroxyl groups excluding tert-OH is 1. The van der Waals surface area contributed by atoms with E-state index in [2.05, 4.69) is 4.74 Å². The Morgan fingerprint density at radius 3 is 2.13 bits per heavy atom. The lowest BCUT2D eigenvalue weighted by Gasteiger charge is -2.08. The molecule has 1 atom stereocenters. The molecule has 3 nitrogen and oxygen atoms in total. The number of carbonyl (C=O) groups is 1. The van der Waals surface area contributed by atoms with E-state index in [-0.39, 0.29) is 31.2 Å². The molecule has 1 heterocycles. The van der Waals surface area contributed by atoms with Gasteiger partial charge >= 0.3 is 5.97 Å². The maximum Gasteiger partial charge on any atom is 0.342 e. The van der Waals surface area contributed by atoms with Crippen LogP contribution >= 0.6 is 46.4 Å². The molecule has 0 spiro atoms. The highest BCUT2D eigenvalue weighted by Gasteiger charge is 2.37. The van der Waals surface area contributed by atoms with Gasteiger partial charge in [-0.1, -0.05) is 46.4 Å². The average molecular weight is 288 g/mol. The topological polar surface area (TPSA) is 46.5 Å². The van der Waals surface area contributed by atoms with Crippen LogP contribution < -0.4 is 0 Å². The van der Waals surface area contributed by atoms with Crippen molar-refractivity contribution in [3.05, 3.63) is 31.2 Å². The summed E-state index contributed by atoms with van der Waals surface area (Å²) in [6.07, 6.45) is -1.45. The van der Waals surface area contributed by atoms with Gasteiger partial charge in [-0.25, -0.2) is 4.79 Å². The number of benzene rings is 1. The molecule has 80 valence electrons. The SMILES string of the molecule is O=C1OC(O)c2c(Cl)c(Cl)c(Cl)c(Cl)c21. The Bertz CT molecular complexity index is 472. The number of ether oxygens (including phenoxy) is 1.